The van der Waals surface area contributed by atoms with Crippen molar-refractivity contribution in [3.05, 3.63) is 64.2 Å². The summed E-state index contributed by atoms with van der Waals surface area (Å²) in [5.74, 6) is 0. The molecule has 0 aromatic carbocycles. The lowest BCUT2D eigenvalue weighted by molar-refractivity contribution is -0.636. The third-order valence-electron chi connectivity index (χ3n) is 9.00. The Morgan fingerprint density at radius 2 is 1.61 bits per heavy atom. The molecule has 1 aromatic rings. The Bertz CT molecular complexity index is 1260. The van der Waals surface area contributed by atoms with Crippen LogP contribution in [0.15, 0.2) is 41.6 Å². The number of hydrogen-bond acceptors (Lipinski definition) is 4. The number of aromatic nitrogens is 1. The van der Waals surface area contributed by atoms with Crippen molar-refractivity contribution >= 4 is 11.8 Å². The maximum atomic E-state index is 2.79. The monoisotopic (exact) mass is 413 g/mol. The lowest BCUT2D eigenvalue weighted by atomic mass is 9.88. The van der Waals surface area contributed by atoms with Gasteiger partial charge in [0.05, 0.1) is 18.9 Å². The van der Waals surface area contributed by atoms with E-state index in [2.05, 4.69) is 87.3 Å². The minimum atomic E-state index is -0.192. The van der Waals surface area contributed by atoms with Crippen LogP contribution in [0, 0.1) is 6.92 Å². The fraction of sp³-hybridized carbons (Fsp3) is 0.480. The smallest absolute Gasteiger partial charge is 0.327 e. The molecule has 8 heterocycles. The van der Waals surface area contributed by atoms with Crippen molar-refractivity contribution in [2.24, 2.45) is 0 Å². The average Bonchev–Trinajstić information content (AvgIpc) is 3.50. The van der Waals surface area contributed by atoms with E-state index in [0.717, 1.165) is 32.6 Å². The molecule has 3 atom stereocenters. The molecule has 1 fully saturated rings. The molecule has 0 radical (unpaired) electrons. The fourth-order valence-electron chi connectivity index (χ4n) is 7.99. The number of hydrogen-bond donors (Lipinski definition) is 0. The van der Waals surface area contributed by atoms with Gasteiger partial charge in [0.1, 0.15) is 6.54 Å². The molecule has 6 heteroatoms. The summed E-state index contributed by atoms with van der Waals surface area (Å²) >= 11 is 0. The molecule has 0 saturated carbocycles. The second-order valence-electron chi connectivity index (χ2n) is 10.0. The summed E-state index contributed by atoms with van der Waals surface area (Å²) in [7, 11) is 0. The van der Waals surface area contributed by atoms with Crippen molar-refractivity contribution < 1.29 is 4.58 Å². The SMILES string of the molecule is CCC1=C(C)C2=Cc3c(C)c(CC)c4n3C35C6N(C=CN6CN6C=CN(C4)C63)CC1=[N+]25. The topological polar surface area (TPSA) is 20.9 Å². The van der Waals surface area contributed by atoms with Gasteiger partial charge in [-0.3, -0.25) is 4.57 Å². The van der Waals surface area contributed by atoms with Crippen LogP contribution < -0.4 is 0 Å². The molecule has 1 saturated heterocycles. The van der Waals surface area contributed by atoms with Gasteiger partial charge in [-0.25, -0.2) is 0 Å². The van der Waals surface area contributed by atoms with Gasteiger partial charge in [-0.2, -0.15) is 4.58 Å². The van der Waals surface area contributed by atoms with Gasteiger partial charge in [0.15, 0.2) is 12.3 Å². The van der Waals surface area contributed by atoms with Gasteiger partial charge in [0.25, 0.3) is 0 Å². The van der Waals surface area contributed by atoms with Gasteiger partial charge in [0.2, 0.25) is 11.4 Å². The molecular weight excluding hydrogens is 384 g/mol. The number of rotatable bonds is 2. The van der Waals surface area contributed by atoms with Gasteiger partial charge < -0.3 is 19.6 Å². The zero-order valence-corrected chi connectivity index (χ0v) is 18.8. The molecular formula is C25H29N6+. The zero-order chi connectivity index (χ0) is 20.8. The van der Waals surface area contributed by atoms with Crippen LogP contribution >= 0.6 is 0 Å². The Kier molecular flexibility index (Phi) is 2.68. The normalized spacial score (nSPS) is 32.6. The molecule has 7 aliphatic heterocycles. The second-order valence-corrected chi connectivity index (χ2v) is 10.0. The highest BCUT2D eigenvalue weighted by Crippen LogP contribution is 2.56. The highest BCUT2D eigenvalue weighted by Gasteiger charge is 2.75. The van der Waals surface area contributed by atoms with Crippen LogP contribution in [0.3, 0.4) is 0 Å². The van der Waals surface area contributed by atoms with E-state index < -0.39 is 0 Å². The molecule has 0 aliphatic carbocycles. The van der Waals surface area contributed by atoms with Crippen LogP contribution in [0.5, 0.6) is 0 Å². The number of nitrogens with zero attached hydrogens (tertiary/aromatic N) is 6. The first-order chi connectivity index (χ1) is 15.1. The molecule has 3 unspecified atom stereocenters. The Hall–Kier alpha value is -2.89. The van der Waals surface area contributed by atoms with E-state index in [1.807, 2.05) is 0 Å². The minimum absolute atomic E-state index is 0.192. The van der Waals surface area contributed by atoms with Gasteiger partial charge in [0, 0.05) is 47.7 Å². The molecule has 1 spiro atoms. The highest BCUT2D eigenvalue weighted by molar-refractivity contribution is 6.02. The van der Waals surface area contributed by atoms with E-state index in [9.17, 15) is 0 Å². The van der Waals surface area contributed by atoms with E-state index in [1.165, 1.54) is 33.9 Å². The predicted molar refractivity (Wildman–Crippen MR) is 119 cm³/mol. The van der Waals surface area contributed by atoms with Gasteiger partial charge in [-0.05, 0) is 37.8 Å². The Balaban J connectivity index is 1.57. The van der Waals surface area contributed by atoms with Crippen molar-refractivity contribution in [1.82, 2.24) is 24.2 Å². The van der Waals surface area contributed by atoms with Gasteiger partial charge >= 0.3 is 5.66 Å². The Morgan fingerprint density at radius 3 is 2.29 bits per heavy atom. The summed E-state index contributed by atoms with van der Waals surface area (Å²) in [6.45, 7) is 12.3. The van der Waals surface area contributed by atoms with Crippen LogP contribution in [0.25, 0.3) is 6.08 Å². The van der Waals surface area contributed by atoms with E-state index in [1.54, 1.807) is 11.1 Å². The van der Waals surface area contributed by atoms with Gasteiger partial charge in [-0.15, -0.1) is 0 Å². The summed E-state index contributed by atoms with van der Waals surface area (Å²) in [5.41, 5.74) is 11.8. The first kappa shape index (κ1) is 16.8. The maximum absolute atomic E-state index is 2.79. The highest BCUT2D eigenvalue weighted by atomic mass is 15.6. The van der Waals surface area contributed by atoms with E-state index >= 15 is 0 Å². The Morgan fingerprint density at radius 1 is 0.935 bits per heavy atom. The molecule has 1 aromatic heterocycles. The van der Waals surface area contributed by atoms with Crippen molar-refractivity contribution in [1.29, 1.82) is 0 Å². The summed E-state index contributed by atoms with van der Waals surface area (Å²) in [6.07, 6.45) is 14.7. The van der Waals surface area contributed by atoms with E-state index in [-0.39, 0.29) is 5.66 Å². The quantitative estimate of drug-likeness (QED) is 0.695. The number of allylic oxidation sites excluding steroid dienone is 1. The molecule has 158 valence electrons. The summed E-state index contributed by atoms with van der Waals surface area (Å²) in [5, 5.41) is 0. The summed E-state index contributed by atoms with van der Waals surface area (Å²) in [4.78, 5) is 10.4. The third-order valence-corrected chi connectivity index (χ3v) is 9.00. The van der Waals surface area contributed by atoms with Crippen molar-refractivity contribution in [2.45, 2.75) is 65.1 Å². The molecule has 7 aliphatic rings. The van der Waals surface area contributed by atoms with Crippen molar-refractivity contribution in [3.63, 3.8) is 0 Å². The van der Waals surface area contributed by atoms with Crippen LogP contribution in [-0.2, 0) is 18.6 Å². The Labute approximate surface area is 183 Å². The lowest BCUT2D eigenvalue weighted by Gasteiger charge is -2.59. The zero-order valence-electron chi connectivity index (χ0n) is 18.8. The summed E-state index contributed by atoms with van der Waals surface area (Å²) in [6, 6.07) is 0. The van der Waals surface area contributed by atoms with Crippen LogP contribution in [0.1, 0.15) is 49.7 Å². The molecule has 0 amide bonds. The second kappa shape index (κ2) is 4.95. The predicted octanol–water partition coefficient (Wildman–Crippen LogP) is 2.89. The molecule has 0 bridgehead atoms. The molecule has 8 rings (SSSR count). The summed E-state index contributed by atoms with van der Waals surface area (Å²) < 4.78 is 5.57. The molecule has 0 N–H and O–H groups in total. The fourth-order valence-corrected chi connectivity index (χ4v) is 7.99. The first-order valence-corrected chi connectivity index (χ1v) is 11.8. The first-order valence-electron chi connectivity index (χ1n) is 11.8. The van der Waals surface area contributed by atoms with Crippen molar-refractivity contribution in [3.8, 4) is 0 Å². The minimum Gasteiger partial charge on any atom is -0.343 e. The van der Waals surface area contributed by atoms with E-state index in [4.69, 9.17) is 0 Å². The molecule has 6 nitrogen and oxygen atoms in total. The van der Waals surface area contributed by atoms with Gasteiger partial charge in [-0.1, -0.05) is 13.8 Å². The van der Waals surface area contributed by atoms with Crippen LogP contribution in [0.2, 0.25) is 0 Å². The van der Waals surface area contributed by atoms with E-state index in [0.29, 0.717) is 12.3 Å². The van der Waals surface area contributed by atoms with Crippen LogP contribution in [-0.4, -0.2) is 60.0 Å². The van der Waals surface area contributed by atoms with Crippen LogP contribution in [0.4, 0.5) is 0 Å². The largest absolute Gasteiger partial charge is 0.343 e. The lowest BCUT2D eigenvalue weighted by Crippen LogP contribution is -2.81. The maximum Gasteiger partial charge on any atom is 0.327 e. The third kappa shape index (κ3) is 1.49. The average molecular weight is 414 g/mol. The standard InChI is InChI=1S/C25H29N6/c1-5-17-15(3)19-11-20-16(4)18(6-2)22-13-27-8-10-29-14-28-9-7-26-12-21(17)30(19)25(23(26)28,24(27)29)31(20)22/h7-11,23-24H,5-6,12-14H2,1-4H3/q+1. The van der Waals surface area contributed by atoms with Crippen molar-refractivity contribution in [2.75, 3.05) is 13.2 Å². The molecule has 31 heavy (non-hydrogen) atoms.